The molecule has 0 aromatic carbocycles. The van der Waals surface area contributed by atoms with Crippen LogP contribution in [-0.4, -0.2) is 50.4 Å². The van der Waals surface area contributed by atoms with Crippen molar-refractivity contribution in [3.63, 3.8) is 0 Å². The quantitative estimate of drug-likeness (QED) is 0.611. The van der Waals surface area contributed by atoms with Crippen LogP contribution in [0.3, 0.4) is 0 Å². The van der Waals surface area contributed by atoms with E-state index in [9.17, 15) is 32.3 Å². The van der Waals surface area contributed by atoms with Crippen molar-refractivity contribution in [1.29, 1.82) is 0 Å². The van der Waals surface area contributed by atoms with Gasteiger partial charge in [0.1, 0.15) is 12.2 Å². The van der Waals surface area contributed by atoms with Gasteiger partial charge in [0.15, 0.2) is 6.23 Å². The first-order chi connectivity index (χ1) is 9.62. The minimum absolute atomic E-state index is 0.160. The lowest BCUT2D eigenvalue weighted by Crippen LogP contribution is -2.55. The molecule has 7 nitrogen and oxygen atoms in total. The lowest BCUT2D eigenvalue weighted by molar-refractivity contribution is -0.274. The summed E-state index contributed by atoms with van der Waals surface area (Å²) in [4.78, 5) is 24.0. The predicted octanol–water partition coefficient (Wildman–Crippen LogP) is -0.942. The summed E-state index contributed by atoms with van der Waals surface area (Å²) in [6.07, 6.45) is -12.1. The number of halogens is 4. The Morgan fingerprint density at radius 1 is 1.43 bits per heavy atom. The molecular formula is C10H10F4N2O5. The number of alkyl halides is 4. The Balaban J connectivity index is 2.60. The number of aliphatic hydroxyl groups excluding tert-OH is 2. The van der Waals surface area contributed by atoms with E-state index in [1.807, 2.05) is 0 Å². The minimum Gasteiger partial charge on any atom is -0.394 e. The first-order valence-electron chi connectivity index (χ1n) is 5.64. The Kier molecular flexibility index (Phi) is 3.68. The molecule has 21 heavy (non-hydrogen) atoms. The predicted molar refractivity (Wildman–Crippen MR) is 58.2 cm³/mol. The Morgan fingerprint density at radius 2 is 2.05 bits per heavy atom. The van der Waals surface area contributed by atoms with Gasteiger partial charge < -0.3 is 14.9 Å². The Bertz CT molecular complexity index is 641. The molecule has 0 aliphatic carbocycles. The third-order valence-electron chi connectivity index (χ3n) is 3.16. The zero-order valence-corrected chi connectivity index (χ0v) is 10.2. The van der Waals surface area contributed by atoms with E-state index in [1.165, 1.54) is 0 Å². The molecule has 0 bridgehead atoms. The number of aliphatic hydroxyl groups is 2. The van der Waals surface area contributed by atoms with Crippen LogP contribution < -0.4 is 11.2 Å². The van der Waals surface area contributed by atoms with Crippen molar-refractivity contribution in [2.45, 2.75) is 30.3 Å². The highest BCUT2D eigenvalue weighted by Crippen LogP contribution is 2.50. The molecule has 11 heteroatoms. The van der Waals surface area contributed by atoms with Crippen molar-refractivity contribution in [3.8, 4) is 0 Å². The second kappa shape index (κ2) is 4.93. The summed E-state index contributed by atoms with van der Waals surface area (Å²) >= 11 is 0. The van der Waals surface area contributed by atoms with Gasteiger partial charge in [-0.15, -0.1) is 0 Å². The van der Waals surface area contributed by atoms with Crippen molar-refractivity contribution < 1.29 is 32.5 Å². The molecule has 2 heterocycles. The summed E-state index contributed by atoms with van der Waals surface area (Å²) in [5, 5.41) is 18.3. The number of hydrogen-bond donors (Lipinski definition) is 3. The van der Waals surface area contributed by atoms with Crippen molar-refractivity contribution in [2.75, 3.05) is 6.61 Å². The number of aromatic amines is 1. The van der Waals surface area contributed by atoms with Crippen LogP contribution >= 0.6 is 0 Å². The van der Waals surface area contributed by atoms with E-state index in [2.05, 4.69) is 4.74 Å². The van der Waals surface area contributed by atoms with E-state index in [4.69, 9.17) is 5.11 Å². The molecule has 0 amide bonds. The van der Waals surface area contributed by atoms with Crippen LogP contribution in [0.5, 0.6) is 0 Å². The molecule has 0 saturated carbocycles. The summed E-state index contributed by atoms with van der Waals surface area (Å²) in [7, 11) is 0. The third kappa shape index (κ3) is 2.26. The van der Waals surface area contributed by atoms with Gasteiger partial charge in [0.2, 0.25) is 0 Å². The van der Waals surface area contributed by atoms with Crippen LogP contribution in [0.25, 0.3) is 0 Å². The topological polar surface area (TPSA) is 105 Å². The molecule has 4 atom stereocenters. The summed E-state index contributed by atoms with van der Waals surface area (Å²) < 4.78 is 58.1. The van der Waals surface area contributed by atoms with Crippen LogP contribution in [0.2, 0.25) is 0 Å². The van der Waals surface area contributed by atoms with Gasteiger partial charge in [0.05, 0.1) is 6.61 Å². The highest BCUT2D eigenvalue weighted by Gasteiger charge is 2.72. The van der Waals surface area contributed by atoms with Crippen LogP contribution in [0.4, 0.5) is 17.6 Å². The SMILES string of the molecule is O=c1ccn([C@@H]2O[C@H](CO)C(O)[C@]2(F)C(F)(F)F)c(=O)[nH]1. The second-order valence-corrected chi connectivity index (χ2v) is 4.44. The molecule has 0 spiro atoms. The van der Waals surface area contributed by atoms with Gasteiger partial charge >= 0.3 is 11.9 Å². The van der Waals surface area contributed by atoms with E-state index >= 15 is 0 Å². The zero-order valence-electron chi connectivity index (χ0n) is 10.2. The highest BCUT2D eigenvalue weighted by atomic mass is 19.4. The van der Waals surface area contributed by atoms with Crippen LogP contribution in [0.1, 0.15) is 6.23 Å². The van der Waals surface area contributed by atoms with Gasteiger partial charge in [-0.05, 0) is 0 Å². The molecular weight excluding hydrogens is 304 g/mol. The number of H-pyrrole nitrogens is 1. The fourth-order valence-electron chi connectivity index (χ4n) is 2.09. The van der Waals surface area contributed by atoms with E-state index in [-0.39, 0.29) is 4.57 Å². The molecule has 0 radical (unpaired) electrons. The average Bonchev–Trinajstić information content (AvgIpc) is 2.63. The Morgan fingerprint density at radius 3 is 2.52 bits per heavy atom. The molecule has 2 rings (SSSR count). The lowest BCUT2D eigenvalue weighted by atomic mass is 9.95. The number of rotatable bonds is 2. The van der Waals surface area contributed by atoms with E-state index in [0.29, 0.717) is 12.3 Å². The normalized spacial score (nSPS) is 33.3. The van der Waals surface area contributed by atoms with Gasteiger partial charge in [0.25, 0.3) is 11.2 Å². The minimum atomic E-state index is -5.57. The number of nitrogens with zero attached hydrogens (tertiary/aromatic N) is 1. The second-order valence-electron chi connectivity index (χ2n) is 4.44. The molecule has 1 saturated heterocycles. The molecule has 118 valence electrons. The van der Waals surface area contributed by atoms with Gasteiger partial charge in [-0.3, -0.25) is 14.3 Å². The molecule has 1 aromatic heterocycles. The molecule has 1 unspecified atom stereocenters. The van der Waals surface area contributed by atoms with Crippen LogP contribution in [0, 0.1) is 0 Å². The largest absolute Gasteiger partial charge is 0.429 e. The maximum atomic E-state index is 14.4. The van der Waals surface area contributed by atoms with E-state index in [1.54, 1.807) is 4.98 Å². The van der Waals surface area contributed by atoms with Gasteiger partial charge in [-0.1, -0.05) is 0 Å². The van der Waals surface area contributed by atoms with Crippen molar-refractivity contribution in [3.05, 3.63) is 33.1 Å². The lowest BCUT2D eigenvalue weighted by Gasteiger charge is -2.30. The highest BCUT2D eigenvalue weighted by molar-refractivity contribution is 5.07. The van der Waals surface area contributed by atoms with Gasteiger partial charge in [-0.25, -0.2) is 9.18 Å². The van der Waals surface area contributed by atoms with E-state index < -0.39 is 48.1 Å². The van der Waals surface area contributed by atoms with Crippen molar-refractivity contribution in [1.82, 2.24) is 9.55 Å². The average molecular weight is 314 g/mol. The summed E-state index contributed by atoms with van der Waals surface area (Å²) in [5.41, 5.74) is -6.56. The fraction of sp³-hybridized carbons (Fsp3) is 0.600. The molecule has 1 aliphatic heterocycles. The fourth-order valence-corrected chi connectivity index (χ4v) is 2.09. The maximum absolute atomic E-state index is 14.4. The first-order valence-corrected chi connectivity index (χ1v) is 5.64. The maximum Gasteiger partial charge on any atom is 0.429 e. The standard InChI is InChI=1S/C10H10F4N2O5/c11-9(10(12,13)14)6(19)4(3-17)21-7(9)16-2-1-5(18)15-8(16)20/h1-2,4,6-7,17,19H,3H2,(H,15,18,20)/t4-,6?,7-,9-/m1/s1. The summed E-state index contributed by atoms with van der Waals surface area (Å²) in [6, 6.07) is 0.695. The van der Waals surface area contributed by atoms with Crippen LogP contribution in [-0.2, 0) is 4.74 Å². The monoisotopic (exact) mass is 314 g/mol. The smallest absolute Gasteiger partial charge is 0.394 e. The van der Waals surface area contributed by atoms with Gasteiger partial charge in [-0.2, -0.15) is 13.2 Å². The Hall–Kier alpha value is -1.72. The first kappa shape index (κ1) is 15.7. The number of ether oxygens (including phenoxy) is 1. The van der Waals surface area contributed by atoms with Gasteiger partial charge in [0, 0.05) is 12.3 Å². The summed E-state index contributed by atoms with van der Waals surface area (Å²) in [5.74, 6) is 0. The molecule has 1 aromatic rings. The van der Waals surface area contributed by atoms with Crippen molar-refractivity contribution in [2.24, 2.45) is 0 Å². The third-order valence-corrected chi connectivity index (χ3v) is 3.16. The summed E-state index contributed by atoms with van der Waals surface area (Å²) in [6.45, 7) is -1.09. The molecule has 1 fully saturated rings. The Labute approximate surface area is 113 Å². The van der Waals surface area contributed by atoms with Crippen molar-refractivity contribution >= 4 is 0 Å². The molecule has 3 N–H and O–H groups in total. The number of aromatic nitrogens is 2. The number of nitrogens with one attached hydrogen (secondary N) is 1. The number of hydrogen-bond acceptors (Lipinski definition) is 5. The van der Waals surface area contributed by atoms with E-state index in [0.717, 1.165) is 0 Å². The molecule has 1 aliphatic rings. The zero-order chi connectivity index (χ0) is 16.0. The van der Waals surface area contributed by atoms with Crippen LogP contribution in [0.15, 0.2) is 21.9 Å².